The van der Waals surface area contributed by atoms with Crippen LogP contribution in [0, 0.1) is 18.3 Å². The Hall–Kier alpha value is -4.40. The van der Waals surface area contributed by atoms with E-state index in [1.807, 2.05) is 18.7 Å². The summed E-state index contributed by atoms with van der Waals surface area (Å²) < 4.78 is 56.2. The summed E-state index contributed by atoms with van der Waals surface area (Å²) in [5.41, 5.74) is 6.06. The van der Waals surface area contributed by atoms with Crippen molar-refractivity contribution in [1.29, 1.82) is 0 Å². The van der Waals surface area contributed by atoms with Crippen LogP contribution in [-0.2, 0) is 9.53 Å². The number of aromatic nitrogens is 4. The largest absolute Gasteiger partial charge is 0.480 e. The van der Waals surface area contributed by atoms with Crippen LogP contribution in [0.1, 0.15) is 60.8 Å². The average molecular weight is 632 g/mol. The van der Waals surface area contributed by atoms with E-state index in [-0.39, 0.29) is 46.6 Å². The fourth-order valence-electron chi connectivity index (χ4n) is 5.73. The summed E-state index contributed by atoms with van der Waals surface area (Å²) in [7, 11) is 0. The normalized spacial score (nSPS) is 18.7. The van der Waals surface area contributed by atoms with Crippen LogP contribution in [0.15, 0.2) is 36.5 Å². The summed E-state index contributed by atoms with van der Waals surface area (Å²) in [5.74, 6) is -1.82. The van der Waals surface area contributed by atoms with Gasteiger partial charge < -0.3 is 30.5 Å². The molecule has 2 fully saturated rings. The second-order valence-electron chi connectivity index (χ2n) is 12.1. The van der Waals surface area contributed by atoms with Crippen LogP contribution >= 0.6 is 0 Å². The molecule has 2 aliphatic heterocycles. The Morgan fingerprint density at radius 2 is 1.91 bits per heavy atom. The number of nitrogens with two attached hydrogens (primary N) is 1. The van der Waals surface area contributed by atoms with Gasteiger partial charge in [0, 0.05) is 37.5 Å². The minimum absolute atomic E-state index is 0.0159. The van der Waals surface area contributed by atoms with Gasteiger partial charge in [0.15, 0.2) is 0 Å². The van der Waals surface area contributed by atoms with Crippen LogP contribution in [-0.4, -0.2) is 75.3 Å². The number of alkyl halides is 3. The second-order valence-corrected chi connectivity index (χ2v) is 12.1. The van der Waals surface area contributed by atoms with Gasteiger partial charge in [-0.1, -0.05) is 19.9 Å². The SMILES string of the molecule is Cc1ccn(-c2cc(C(=O)OCC(C)C)ccc2C(Oc2cc(N3CCC4(CC3)CN[C@H](C(=O)O)C4)nc(N)n2)C(F)(F)F)n1. The summed E-state index contributed by atoms with van der Waals surface area (Å²) in [6.07, 6.45) is -4.04. The summed E-state index contributed by atoms with van der Waals surface area (Å²) in [5, 5.41) is 16.7. The number of hydrogen-bond acceptors (Lipinski definition) is 10. The molecule has 15 heteroatoms. The Bertz CT molecular complexity index is 1550. The molecule has 4 N–H and O–H groups in total. The maximum atomic E-state index is 14.7. The number of carbonyl (C=O) groups excluding carboxylic acids is 1. The number of nitrogens with zero attached hydrogens (tertiary/aromatic N) is 5. The average Bonchev–Trinajstić information content (AvgIpc) is 3.60. The Morgan fingerprint density at radius 3 is 2.51 bits per heavy atom. The van der Waals surface area contributed by atoms with E-state index in [0.717, 1.165) is 0 Å². The van der Waals surface area contributed by atoms with Gasteiger partial charge in [0.1, 0.15) is 11.9 Å². The van der Waals surface area contributed by atoms with Gasteiger partial charge in [-0.2, -0.15) is 28.2 Å². The molecule has 4 heterocycles. The van der Waals surface area contributed by atoms with Crippen molar-refractivity contribution in [2.24, 2.45) is 11.3 Å². The van der Waals surface area contributed by atoms with Crippen molar-refractivity contribution in [3.05, 3.63) is 53.3 Å². The summed E-state index contributed by atoms with van der Waals surface area (Å²) >= 11 is 0. The fourth-order valence-corrected chi connectivity index (χ4v) is 5.73. The number of halogens is 3. The number of carboxylic acids is 1. The molecule has 2 aromatic heterocycles. The number of nitrogen functional groups attached to an aromatic ring is 1. The summed E-state index contributed by atoms with van der Waals surface area (Å²) in [6, 6.07) is 6.07. The Morgan fingerprint density at radius 1 is 1.18 bits per heavy atom. The van der Waals surface area contributed by atoms with Crippen LogP contribution in [0.4, 0.5) is 24.9 Å². The maximum absolute atomic E-state index is 14.7. The van der Waals surface area contributed by atoms with Crippen molar-refractivity contribution in [3.63, 3.8) is 0 Å². The van der Waals surface area contributed by atoms with Crippen molar-refractivity contribution in [1.82, 2.24) is 25.1 Å². The molecule has 5 rings (SSSR count). The maximum Gasteiger partial charge on any atom is 0.429 e. The molecular weight excluding hydrogens is 595 g/mol. The molecule has 2 atom stereocenters. The number of carboxylic acid groups (broad SMARTS) is 1. The van der Waals surface area contributed by atoms with Gasteiger partial charge in [0.05, 0.1) is 23.6 Å². The molecule has 1 unspecified atom stereocenters. The number of anilines is 2. The molecule has 2 saturated heterocycles. The smallest absolute Gasteiger partial charge is 0.429 e. The van der Waals surface area contributed by atoms with Crippen LogP contribution in [0.5, 0.6) is 5.88 Å². The lowest BCUT2D eigenvalue weighted by molar-refractivity contribution is -0.198. The zero-order valence-electron chi connectivity index (χ0n) is 25.2. The molecular formula is C30H36F3N7O5. The van der Waals surface area contributed by atoms with E-state index < -0.39 is 30.3 Å². The van der Waals surface area contributed by atoms with E-state index >= 15 is 0 Å². The molecule has 45 heavy (non-hydrogen) atoms. The third-order valence-corrected chi connectivity index (χ3v) is 8.11. The van der Waals surface area contributed by atoms with Gasteiger partial charge >= 0.3 is 18.1 Å². The monoisotopic (exact) mass is 631 g/mol. The number of nitrogens with one attached hydrogen (secondary N) is 1. The van der Waals surface area contributed by atoms with E-state index in [1.54, 1.807) is 13.0 Å². The molecule has 0 amide bonds. The lowest BCUT2D eigenvalue weighted by Crippen LogP contribution is -2.41. The number of aryl methyl sites for hydroxylation is 1. The first-order valence-electron chi connectivity index (χ1n) is 14.7. The van der Waals surface area contributed by atoms with Gasteiger partial charge in [-0.3, -0.25) is 4.79 Å². The van der Waals surface area contributed by atoms with E-state index in [2.05, 4.69) is 20.4 Å². The lowest BCUT2D eigenvalue weighted by atomic mass is 9.76. The van der Waals surface area contributed by atoms with Gasteiger partial charge in [-0.05, 0) is 55.7 Å². The number of rotatable bonds is 9. The molecule has 3 aromatic rings. The highest BCUT2D eigenvalue weighted by atomic mass is 19.4. The van der Waals surface area contributed by atoms with E-state index in [4.69, 9.17) is 15.2 Å². The number of ether oxygens (including phenoxy) is 2. The highest BCUT2D eigenvalue weighted by molar-refractivity contribution is 5.90. The molecule has 0 aliphatic carbocycles. The van der Waals surface area contributed by atoms with E-state index in [1.165, 1.54) is 35.1 Å². The number of carbonyl (C=O) groups is 2. The predicted octanol–water partition coefficient (Wildman–Crippen LogP) is 4.08. The predicted molar refractivity (Wildman–Crippen MR) is 157 cm³/mol. The fraction of sp³-hybridized carbons (Fsp3) is 0.500. The summed E-state index contributed by atoms with van der Waals surface area (Å²) in [4.78, 5) is 34.2. The van der Waals surface area contributed by atoms with Crippen molar-refractivity contribution in [3.8, 4) is 11.6 Å². The molecule has 12 nitrogen and oxygen atoms in total. The first-order valence-corrected chi connectivity index (χ1v) is 14.7. The minimum Gasteiger partial charge on any atom is -0.480 e. The zero-order chi connectivity index (χ0) is 32.5. The van der Waals surface area contributed by atoms with E-state index in [9.17, 15) is 27.9 Å². The molecule has 1 aromatic carbocycles. The standard InChI is InChI=1S/C30H36F3N7O5/c1-17(2)15-44-27(43)19-4-5-20(22(12-19)40-9-6-18(3)38-40)25(30(31,32)33)45-24-13-23(36-28(34)37-24)39-10-7-29(8-11-39)14-21(26(41)42)35-16-29/h4-6,9,12-13,17,21,25,35H,7-8,10-11,14-16H2,1-3H3,(H,41,42)(H2,34,36,37)/t21-,25?/m0/s1. The van der Waals surface area contributed by atoms with Crippen LogP contribution < -0.4 is 20.7 Å². The van der Waals surface area contributed by atoms with Crippen LogP contribution in [0.3, 0.4) is 0 Å². The van der Waals surface area contributed by atoms with Crippen LogP contribution in [0.2, 0.25) is 0 Å². The number of hydrogen-bond donors (Lipinski definition) is 3. The molecule has 242 valence electrons. The first kappa shape index (κ1) is 32.0. The topological polar surface area (TPSA) is 158 Å². The second kappa shape index (κ2) is 12.5. The molecule has 2 aliphatic rings. The van der Waals surface area contributed by atoms with Gasteiger partial charge in [0.2, 0.25) is 17.9 Å². The number of aliphatic carboxylic acids is 1. The molecule has 1 spiro atoms. The van der Waals surface area contributed by atoms with Gasteiger partial charge in [-0.25, -0.2) is 9.48 Å². The third kappa shape index (κ3) is 7.30. The Balaban J connectivity index is 1.42. The van der Waals surface area contributed by atoms with Gasteiger partial charge in [-0.15, -0.1) is 0 Å². The minimum atomic E-state index is -4.90. The Kier molecular flexibility index (Phi) is 8.92. The third-order valence-electron chi connectivity index (χ3n) is 8.11. The van der Waals surface area contributed by atoms with E-state index in [0.29, 0.717) is 50.4 Å². The lowest BCUT2D eigenvalue weighted by Gasteiger charge is -2.39. The van der Waals surface area contributed by atoms with Gasteiger partial charge in [0.25, 0.3) is 0 Å². The zero-order valence-corrected chi connectivity index (χ0v) is 25.2. The number of piperidine rings is 1. The molecule has 0 saturated carbocycles. The van der Waals surface area contributed by atoms with Crippen molar-refractivity contribution >= 4 is 23.7 Å². The highest BCUT2D eigenvalue weighted by Crippen LogP contribution is 2.42. The quantitative estimate of drug-likeness (QED) is 0.292. The molecule has 0 bridgehead atoms. The number of benzene rings is 1. The number of esters is 1. The van der Waals surface area contributed by atoms with Crippen molar-refractivity contribution in [2.75, 3.05) is 36.9 Å². The van der Waals surface area contributed by atoms with Crippen molar-refractivity contribution in [2.45, 2.75) is 58.4 Å². The van der Waals surface area contributed by atoms with Crippen LogP contribution in [0.25, 0.3) is 5.69 Å². The first-order chi connectivity index (χ1) is 21.2. The van der Waals surface area contributed by atoms with Crippen molar-refractivity contribution < 1.29 is 37.3 Å². The highest BCUT2D eigenvalue weighted by Gasteiger charge is 2.46. The summed E-state index contributed by atoms with van der Waals surface area (Å²) in [6.45, 7) is 7.17. The Labute approximate surface area is 257 Å². The molecule has 0 radical (unpaired) electrons.